The summed E-state index contributed by atoms with van der Waals surface area (Å²) in [4.78, 5) is 19.8. The molecule has 0 spiro atoms. The Morgan fingerprint density at radius 2 is 2.07 bits per heavy atom. The summed E-state index contributed by atoms with van der Waals surface area (Å²) in [5.74, 6) is 0.376. The number of benzene rings is 1. The predicted molar refractivity (Wildman–Crippen MR) is 104 cm³/mol. The summed E-state index contributed by atoms with van der Waals surface area (Å²) in [7, 11) is 1.35. The van der Waals surface area contributed by atoms with Crippen LogP contribution in [0.1, 0.15) is 11.1 Å². The normalized spacial score (nSPS) is 11.3. The van der Waals surface area contributed by atoms with Crippen molar-refractivity contribution in [2.24, 2.45) is 0 Å². The summed E-state index contributed by atoms with van der Waals surface area (Å²) in [6.07, 6.45) is 6.37. The highest BCUT2D eigenvalue weighted by molar-refractivity contribution is 5.89. The Balaban J connectivity index is 1.62. The van der Waals surface area contributed by atoms with E-state index in [1.807, 2.05) is 30.3 Å². The molecule has 0 saturated carbocycles. The molecule has 28 heavy (non-hydrogen) atoms. The molecule has 0 aliphatic carbocycles. The number of hydrogen-bond donors (Lipinski definition) is 1. The van der Waals surface area contributed by atoms with Gasteiger partial charge in [0.25, 0.3) is 0 Å². The van der Waals surface area contributed by atoms with Crippen LogP contribution in [-0.4, -0.2) is 32.8 Å². The Morgan fingerprint density at radius 3 is 2.79 bits per heavy atom. The number of nitrogens with two attached hydrogens (primary N) is 1. The van der Waals surface area contributed by atoms with Crippen molar-refractivity contribution in [1.29, 1.82) is 0 Å². The minimum Gasteiger partial charge on any atom is -0.466 e. The molecular weight excluding hydrogens is 358 g/mol. The van der Waals surface area contributed by atoms with Crippen molar-refractivity contribution in [2.45, 2.75) is 6.54 Å². The molecule has 2 N–H and O–H groups in total. The number of rotatable bonds is 5. The molecule has 0 saturated heterocycles. The first kappa shape index (κ1) is 17.5. The zero-order chi connectivity index (χ0) is 19.5. The number of methoxy groups -OCH3 is 1. The molecule has 0 amide bonds. The number of esters is 1. The second-order valence-electron chi connectivity index (χ2n) is 6.05. The fraction of sp³-hybridized carbons (Fsp3) is 0.100. The van der Waals surface area contributed by atoms with Crippen LogP contribution >= 0.6 is 0 Å². The number of anilines is 1. The Labute approximate surface area is 160 Å². The highest BCUT2D eigenvalue weighted by Gasteiger charge is 2.15. The Kier molecular flexibility index (Phi) is 4.59. The third kappa shape index (κ3) is 3.48. The first-order chi connectivity index (χ1) is 13.6. The molecule has 3 heterocycles. The lowest BCUT2D eigenvalue weighted by atomic mass is 10.1. The van der Waals surface area contributed by atoms with Crippen LogP contribution in [0.15, 0.2) is 59.4 Å². The molecule has 0 bridgehead atoms. The summed E-state index contributed by atoms with van der Waals surface area (Å²) >= 11 is 0. The number of ether oxygens (including phenoxy) is 1. The standard InChI is InChI=1S/C20H17N5O3/c1-27-17(26)9-8-13-4-6-14(7-5-13)12-25-19-15(11-22-25)18(23-20(21)24-19)16-3-2-10-28-16/h2-11H,12H2,1H3,(H2,21,23,24)/b9-8+. The molecule has 0 radical (unpaired) electrons. The van der Waals surface area contributed by atoms with E-state index in [1.165, 1.54) is 13.2 Å². The Morgan fingerprint density at radius 1 is 1.25 bits per heavy atom. The zero-order valence-corrected chi connectivity index (χ0v) is 15.1. The average molecular weight is 375 g/mol. The minimum absolute atomic E-state index is 0.156. The van der Waals surface area contributed by atoms with Gasteiger partial charge in [0, 0.05) is 6.08 Å². The maximum Gasteiger partial charge on any atom is 0.330 e. The lowest BCUT2D eigenvalue weighted by Gasteiger charge is -2.05. The van der Waals surface area contributed by atoms with E-state index in [2.05, 4.69) is 19.8 Å². The lowest BCUT2D eigenvalue weighted by Crippen LogP contribution is -2.05. The highest BCUT2D eigenvalue weighted by atomic mass is 16.5. The largest absolute Gasteiger partial charge is 0.466 e. The first-order valence-corrected chi connectivity index (χ1v) is 8.52. The quantitative estimate of drug-likeness (QED) is 0.422. The van der Waals surface area contributed by atoms with Gasteiger partial charge in [-0.1, -0.05) is 24.3 Å². The molecule has 3 aromatic heterocycles. The second-order valence-corrected chi connectivity index (χ2v) is 6.05. The molecule has 8 heteroatoms. The molecule has 0 aliphatic rings. The average Bonchev–Trinajstić information content (AvgIpc) is 3.37. The SMILES string of the molecule is COC(=O)/C=C/c1ccc(Cn2ncc3c(-c4ccco4)nc(N)nc32)cc1. The van der Waals surface area contributed by atoms with Crippen molar-refractivity contribution in [3.8, 4) is 11.5 Å². The lowest BCUT2D eigenvalue weighted by molar-refractivity contribution is -0.134. The Hall–Kier alpha value is -3.94. The molecule has 0 atom stereocenters. The summed E-state index contributed by atoms with van der Waals surface area (Å²) in [5.41, 5.74) is 9.06. The molecule has 4 aromatic rings. The number of carbonyl (C=O) groups is 1. The number of nitrogens with zero attached hydrogens (tertiary/aromatic N) is 4. The highest BCUT2D eigenvalue weighted by Crippen LogP contribution is 2.27. The number of carbonyl (C=O) groups excluding carboxylic acids is 1. The maximum atomic E-state index is 11.2. The van der Waals surface area contributed by atoms with Crippen LogP contribution in [0.5, 0.6) is 0 Å². The first-order valence-electron chi connectivity index (χ1n) is 8.52. The van der Waals surface area contributed by atoms with Crippen molar-refractivity contribution in [1.82, 2.24) is 19.7 Å². The van der Waals surface area contributed by atoms with E-state index in [4.69, 9.17) is 10.2 Å². The molecule has 4 rings (SSSR count). The van der Waals surface area contributed by atoms with Crippen LogP contribution in [0.25, 0.3) is 28.6 Å². The van der Waals surface area contributed by atoms with Gasteiger partial charge in [0.05, 0.1) is 31.5 Å². The minimum atomic E-state index is -0.392. The third-order valence-corrected chi connectivity index (χ3v) is 4.19. The van der Waals surface area contributed by atoms with Crippen LogP contribution in [0.3, 0.4) is 0 Å². The fourth-order valence-electron chi connectivity index (χ4n) is 2.83. The maximum absolute atomic E-state index is 11.2. The molecule has 0 fully saturated rings. The van der Waals surface area contributed by atoms with Crippen LogP contribution in [-0.2, 0) is 16.1 Å². The number of hydrogen-bond acceptors (Lipinski definition) is 7. The second kappa shape index (κ2) is 7.36. The number of fused-ring (bicyclic) bond motifs is 1. The molecular formula is C20H17N5O3. The summed E-state index contributed by atoms with van der Waals surface area (Å²) in [5, 5.41) is 5.20. The van der Waals surface area contributed by atoms with Crippen LogP contribution in [0.4, 0.5) is 5.95 Å². The van der Waals surface area contributed by atoms with Gasteiger partial charge in [-0.3, -0.25) is 0 Å². The van der Waals surface area contributed by atoms with Gasteiger partial charge < -0.3 is 14.9 Å². The van der Waals surface area contributed by atoms with E-state index >= 15 is 0 Å². The van der Waals surface area contributed by atoms with Crippen molar-refractivity contribution < 1.29 is 13.9 Å². The zero-order valence-electron chi connectivity index (χ0n) is 15.1. The van der Waals surface area contributed by atoms with Gasteiger partial charge in [-0.2, -0.15) is 10.1 Å². The van der Waals surface area contributed by atoms with Crippen LogP contribution in [0.2, 0.25) is 0 Å². The van der Waals surface area contributed by atoms with Crippen LogP contribution < -0.4 is 5.73 Å². The van der Waals surface area contributed by atoms with Gasteiger partial charge >= 0.3 is 5.97 Å². The number of aromatic nitrogens is 4. The van der Waals surface area contributed by atoms with Crippen molar-refractivity contribution in [3.05, 3.63) is 66.1 Å². The van der Waals surface area contributed by atoms with Gasteiger partial charge in [0.15, 0.2) is 11.4 Å². The molecule has 140 valence electrons. The number of furan rings is 1. The van der Waals surface area contributed by atoms with Gasteiger partial charge in [-0.05, 0) is 29.3 Å². The molecule has 0 aliphatic heterocycles. The van der Waals surface area contributed by atoms with E-state index in [1.54, 1.807) is 29.3 Å². The van der Waals surface area contributed by atoms with Crippen molar-refractivity contribution in [3.63, 3.8) is 0 Å². The fourth-order valence-corrected chi connectivity index (χ4v) is 2.83. The monoisotopic (exact) mass is 375 g/mol. The van der Waals surface area contributed by atoms with E-state index in [9.17, 15) is 4.79 Å². The summed E-state index contributed by atoms with van der Waals surface area (Å²) in [6, 6.07) is 11.4. The Bertz CT molecular complexity index is 1140. The van der Waals surface area contributed by atoms with Gasteiger partial charge in [0.2, 0.25) is 5.95 Å². The molecule has 8 nitrogen and oxygen atoms in total. The van der Waals surface area contributed by atoms with E-state index in [0.717, 1.165) is 16.5 Å². The summed E-state index contributed by atoms with van der Waals surface area (Å²) in [6.45, 7) is 0.512. The van der Waals surface area contributed by atoms with E-state index in [0.29, 0.717) is 23.6 Å². The van der Waals surface area contributed by atoms with Crippen molar-refractivity contribution in [2.75, 3.05) is 12.8 Å². The molecule has 1 aromatic carbocycles. The van der Waals surface area contributed by atoms with Gasteiger partial charge in [-0.15, -0.1) is 0 Å². The predicted octanol–water partition coefficient (Wildman–Crippen LogP) is 2.90. The van der Waals surface area contributed by atoms with Gasteiger partial charge in [-0.25, -0.2) is 14.5 Å². The topological polar surface area (TPSA) is 109 Å². The van der Waals surface area contributed by atoms with E-state index in [-0.39, 0.29) is 5.95 Å². The number of nitrogen functional groups attached to an aromatic ring is 1. The van der Waals surface area contributed by atoms with Gasteiger partial charge in [0.1, 0.15) is 5.69 Å². The third-order valence-electron chi connectivity index (χ3n) is 4.19. The van der Waals surface area contributed by atoms with Crippen molar-refractivity contribution >= 4 is 29.0 Å². The summed E-state index contributed by atoms with van der Waals surface area (Å²) < 4.78 is 11.8. The molecule has 0 unspecified atom stereocenters. The van der Waals surface area contributed by atoms with E-state index < -0.39 is 5.97 Å². The smallest absolute Gasteiger partial charge is 0.330 e. The van der Waals surface area contributed by atoms with Crippen LogP contribution in [0, 0.1) is 0 Å².